The molecular formula is C15H27N3S. The fraction of sp³-hybridized carbons (Fsp3) is 0.800. The minimum atomic E-state index is 0.775. The Bertz CT molecular complexity index is 364. The molecule has 0 spiro atoms. The van der Waals surface area contributed by atoms with Crippen LogP contribution in [0.2, 0.25) is 0 Å². The maximum Gasteiger partial charge on any atom is 0.107 e. The highest BCUT2D eigenvalue weighted by atomic mass is 32.1. The smallest absolute Gasteiger partial charge is 0.107 e. The molecule has 1 unspecified atom stereocenters. The number of nitrogens with one attached hydrogen (secondary N) is 1. The molecule has 4 heteroatoms. The Balaban J connectivity index is 1.84. The van der Waals surface area contributed by atoms with Crippen LogP contribution in [0.15, 0.2) is 5.38 Å². The van der Waals surface area contributed by atoms with Crippen molar-refractivity contribution in [3.63, 3.8) is 0 Å². The fourth-order valence-electron chi connectivity index (χ4n) is 2.81. The summed E-state index contributed by atoms with van der Waals surface area (Å²) < 4.78 is 0. The largest absolute Gasteiger partial charge is 0.310 e. The Kier molecular flexibility index (Phi) is 6.28. The number of rotatable bonds is 7. The molecule has 1 fully saturated rings. The van der Waals surface area contributed by atoms with Crippen LogP contribution in [0, 0.1) is 0 Å². The number of aromatic nitrogens is 1. The van der Waals surface area contributed by atoms with E-state index >= 15 is 0 Å². The van der Waals surface area contributed by atoms with Crippen molar-refractivity contribution in [2.75, 3.05) is 13.1 Å². The van der Waals surface area contributed by atoms with E-state index in [1.807, 2.05) is 0 Å². The molecule has 1 aromatic rings. The third kappa shape index (κ3) is 4.55. The molecule has 1 saturated heterocycles. The van der Waals surface area contributed by atoms with E-state index in [2.05, 4.69) is 29.4 Å². The number of hydrogen-bond acceptors (Lipinski definition) is 4. The van der Waals surface area contributed by atoms with Gasteiger partial charge in [-0.25, -0.2) is 4.98 Å². The second-order valence-electron chi connectivity index (χ2n) is 5.44. The minimum Gasteiger partial charge on any atom is -0.310 e. The van der Waals surface area contributed by atoms with Gasteiger partial charge in [0.25, 0.3) is 0 Å². The molecular weight excluding hydrogens is 254 g/mol. The van der Waals surface area contributed by atoms with Crippen LogP contribution in [0.25, 0.3) is 0 Å². The lowest BCUT2D eigenvalue weighted by Gasteiger charge is -2.34. The molecule has 1 aromatic heterocycles. The van der Waals surface area contributed by atoms with Gasteiger partial charge >= 0.3 is 0 Å². The van der Waals surface area contributed by atoms with E-state index in [9.17, 15) is 0 Å². The summed E-state index contributed by atoms with van der Waals surface area (Å²) in [5.41, 5.74) is 1.26. The van der Waals surface area contributed by atoms with E-state index in [0.717, 1.165) is 25.7 Å². The summed E-state index contributed by atoms with van der Waals surface area (Å²) in [6.45, 7) is 8.81. The molecule has 0 aromatic carbocycles. The molecule has 1 N–H and O–H groups in total. The minimum absolute atomic E-state index is 0.775. The number of likely N-dealkylation sites (tertiary alicyclic amines) is 1. The average Bonchev–Trinajstić information content (AvgIpc) is 2.87. The SMILES string of the molecule is CCCNCc1nc(CN2CCCCC2CC)cs1. The van der Waals surface area contributed by atoms with E-state index in [4.69, 9.17) is 4.98 Å². The van der Waals surface area contributed by atoms with Gasteiger partial charge < -0.3 is 5.32 Å². The molecule has 0 bridgehead atoms. The van der Waals surface area contributed by atoms with Gasteiger partial charge in [-0.15, -0.1) is 11.3 Å². The zero-order valence-corrected chi connectivity index (χ0v) is 13.1. The van der Waals surface area contributed by atoms with Crippen LogP contribution in [-0.2, 0) is 13.1 Å². The summed E-state index contributed by atoms with van der Waals surface area (Å²) in [5, 5.41) is 6.89. The molecule has 0 saturated carbocycles. The summed E-state index contributed by atoms with van der Waals surface area (Å²) >= 11 is 1.80. The summed E-state index contributed by atoms with van der Waals surface area (Å²) in [6.07, 6.45) is 6.58. The molecule has 3 nitrogen and oxygen atoms in total. The summed E-state index contributed by atoms with van der Waals surface area (Å²) in [5.74, 6) is 0. The lowest BCUT2D eigenvalue weighted by molar-refractivity contribution is 0.134. The van der Waals surface area contributed by atoms with Crippen molar-refractivity contribution in [2.24, 2.45) is 0 Å². The highest BCUT2D eigenvalue weighted by molar-refractivity contribution is 7.09. The van der Waals surface area contributed by atoms with E-state index < -0.39 is 0 Å². The number of thiazole rings is 1. The molecule has 108 valence electrons. The van der Waals surface area contributed by atoms with Gasteiger partial charge in [0.2, 0.25) is 0 Å². The monoisotopic (exact) mass is 281 g/mol. The maximum absolute atomic E-state index is 4.76. The Hall–Kier alpha value is -0.450. The van der Waals surface area contributed by atoms with E-state index in [1.165, 1.54) is 49.4 Å². The molecule has 0 radical (unpaired) electrons. The Morgan fingerprint density at radius 2 is 2.32 bits per heavy atom. The van der Waals surface area contributed by atoms with Crippen LogP contribution in [0.3, 0.4) is 0 Å². The molecule has 0 amide bonds. The molecule has 1 aliphatic heterocycles. The summed E-state index contributed by atoms with van der Waals surface area (Å²) in [7, 11) is 0. The van der Waals surface area contributed by atoms with Gasteiger partial charge in [0.05, 0.1) is 5.69 Å². The van der Waals surface area contributed by atoms with Crippen LogP contribution in [0.5, 0.6) is 0 Å². The Labute approximate surface area is 121 Å². The second-order valence-corrected chi connectivity index (χ2v) is 6.38. The van der Waals surface area contributed by atoms with Crippen LogP contribution in [0.4, 0.5) is 0 Å². The van der Waals surface area contributed by atoms with Crippen molar-refractivity contribution < 1.29 is 0 Å². The highest BCUT2D eigenvalue weighted by Gasteiger charge is 2.21. The third-order valence-electron chi connectivity index (χ3n) is 3.89. The van der Waals surface area contributed by atoms with Crippen LogP contribution in [0.1, 0.15) is 56.7 Å². The van der Waals surface area contributed by atoms with Gasteiger partial charge in [0.1, 0.15) is 5.01 Å². The van der Waals surface area contributed by atoms with E-state index in [-0.39, 0.29) is 0 Å². The Morgan fingerprint density at radius 3 is 3.11 bits per heavy atom. The lowest BCUT2D eigenvalue weighted by Crippen LogP contribution is -2.38. The molecule has 1 aliphatic rings. The molecule has 1 atom stereocenters. The first-order valence-corrected chi connectivity index (χ1v) is 8.59. The van der Waals surface area contributed by atoms with Crippen LogP contribution >= 0.6 is 11.3 Å². The summed E-state index contributed by atoms with van der Waals surface area (Å²) in [4.78, 5) is 7.39. The van der Waals surface area contributed by atoms with Crippen molar-refractivity contribution in [3.05, 3.63) is 16.1 Å². The zero-order chi connectivity index (χ0) is 13.5. The fourth-order valence-corrected chi connectivity index (χ4v) is 3.57. The number of piperidine rings is 1. The maximum atomic E-state index is 4.76. The van der Waals surface area contributed by atoms with Gasteiger partial charge in [-0.1, -0.05) is 20.3 Å². The second kappa shape index (κ2) is 7.98. The van der Waals surface area contributed by atoms with Crippen molar-refractivity contribution >= 4 is 11.3 Å². The first-order valence-electron chi connectivity index (χ1n) is 7.71. The van der Waals surface area contributed by atoms with Gasteiger partial charge in [-0.05, 0) is 38.8 Å². The number of hydrogen-bond donors (Lipinski definition) is 1. The van der Waals surface area contributed by atoms with Crippen molar-refractivity contribution in [1.82, 2.24) is 15.2 Å². The molecule has 0 aliphatic carbocycles. The Morgan fingerprint density at radius 1 is 1.42 bits per heavy atom. The first-order chi connectivity index (χ1) is 9.33. The van der Waals surface area contributed by atoms with Gasteiger partial charge in [0, 0.05) is 24.5 Å². The quantitative estimate of drug-likeness (QED) is 0.776. The topological polar surface area (TPSA) is 28.2 Å². The normalized spacial score (nSPS) is 20.8. The molecule has 2 heterocycles. The third-order valence-corrected chi connectivity index (χ3v) is 4.79. The van der Waals surface area contributed by atoms with Gasteiger partial charge in [-0.2, -0.15) is 0 Å². The van der Waals surface area contributed by atoms with Crippen molar-refractivity contribution in [3.8, 4) is 0 Å². The van der Waals surface area contributed by atoms with E-state index in [0.29, 0.717) is 0 Å². The van der Waals surface area contributed by atoms with Gasteiger partial charge in [0.15, 0.2) is 0 Å². The standard InChI is InChI=1S/C15H27N3S/c1-3-8-16-10-15-17-13(12-19-15)11-18-9-6-5-7-14(18)4-2/h12,14,16H,3-11H2,1-2H3. The average molecular weight is 281 g/mol. The predicted octanol–water partition coefficient (Wildman–Crippen LogP) is 3.41. The first kappa shape index (κ1) is 14.9. The zero-order valence-electron chi connectivity index (χ0n) is 12.3. The van der Waals surface area contributed by atoms with Crippen molar-refractivity contribution in [1.29, 1.82) is 0 Å². The van der Waals surface area contributed by atoms with Gasteiger partial charge in [-0.3, -0.25) is 4.90 Å². The summed E-state index contributed by atoms with van der Waals surface area (Å²) in [6, 6.07) is 0.775. The van der Waals surface area contributed by atoms with Crippen LogP contribution in [-0.4, -0.2) is 29.0 Å². The van der Waals surface area contributed by atoms with Crippen molar-refractivity contribution in [2.45, 2.75) is 65.1 Å². The molecule has 19 heavy (non-hydrogen) atoms. The predicted molar refractivity (Wildman–Crippen MR) is 82.5 cm³/mol. The lowest BCUT2D eigenvalue weighted by atomic mass is 10.00. The molecule has 2 rings (SSSR count). The van der Waals surface area contributed by atoms with E-state index in [1.54, 1.807) is 11.3 Å². The highest BCUT2D eigenvalue weighted by Crippen LogP contribution is 2.22. The number of nitrogens with zero attached hydrogens (tertiary/aromatic N) is 2. The van der Waals surface area contributed by atoms with Crippen LogP contribution < -0.4 is 5.32 Å².